The summed E-state index contributed by atoms with van der Waals surface area (Å²) in [6.07, 6.45) is 2.22. The molecule has 0 aliphatic carbocycles. The molecule has 0 bridgehead atoms. The molecule has 0 aliphatic rings. The van der Waals surface area contributed by atoms with E-state index >= 15 is 0 Å². The smallest absolute Gasteiger partial charge is 0.270 e. The van der Waals surface area contributed by atoms with Gasteiger partial charge in [0, 0.05) is 34.6 Å². The number of pyridine rings is 1. The van der Waals surface area contributed by atoms with Crippen LogP contribution in [0.5, 0.6) is 0 Å². The van der Waals surface area contributed by atoms with Crippen LogP contribution < -0.4 is 4.31 Å². The lowest BCUT2D eigenvalue weighted by Gasteiger charge is -2.23. The lowest BCUT2D eigenvalue weighted by molar-refractivity contribution is -0.384. The molecular formula is C19H13BrN3O6S2-. The number of halogens is 1. The molecule has 1 atom stereocenters. The standard InChI is InChI=1S/C19H14BrN3O6S2/c20-15-9-10-19(21-12-15)22(30(26)27)13-18(14-5-4-6-16(11-14)23(24)25)31(28,29)17-7-2-1-3-8-17/h1-13H,(H,26,27)/p-1. The zero-order chi connectivity index (χ0) is 22.6. The van der Waals surface area contributed by atoms with Crippen molar-refractivity contribution in [3.63, 3.8) is 0 Å². The molecule has 0 radical (unpaired) electrons. The molecule has 1 aromatic heterocycles. The SMILES string of the molecule is O=[N+]([O-])c1cccc(C(=CN(c2ccc(Br)cn2)S(=O)[O-])S(=O)(=O)c2ccccc2)c1. The van der Waals surface area contributed by atoms with Gasteiger partial charge in [0.15, 0.2) is 0 Å². The first kappa shape index (κ1) is 22.7. The molecular weight excluding hydrogens is 510 g/mol. The van der Waals surface area contributed by atoms with Crippen LogP contribution in [0.1, 0.15) is 5.56 Å². The number of anilines is 1. The number of non-ortho nitro benzene ring substituents is 1. The van der Waals surface area contributed by atoms with Crippen LogP contribution in [0.4, 0.5) is 11.5 Å². The first-order valence-electron chi connectivity index (χ1n) is 8.47. The fraction of sp³-hybridized carbons (Fsp3) is 0. The van der Waals surface area contributed by atoms with Gasteiger partial charge in [-0.2, -0.15) is 0 Å². The van der Waals surface area contributed by atoms with E-state index in [2.05, 4.69) is 20.9 Å². The summed E-state index contributed by atoms with van der Waals surface area (Å²) in [4.78, 5) is 14.0. The Morgan fingerprint density at radius 1 is 1.10 bits per heavy atom. The van der Waals surface area contributed by atoms with Gasteiger partial charge in [-0.1, -0.05) is 30.3 Å². The maximum atomic E-state index is 13.4. The molecule has 2 aromatic carbocycles. The first-order valence-corrected chi connectivity index (χ1v) is 11.8. The van der Waals surface area contributed by atoms with Gasteiger partial charge in [-0.3, -0.25) is 18.6 Å². The third-order valence-corrected chi connectivity index (χ3v) is 6.91. The normalized spacial score (nSPS) is 12.9. The van der Waals surface area contributed by atoms with Gasteiger partial charge in [-0.25, -0.2) is 13.4 Å². The summed E-state index contributed by atoms with van der Waals surface area (Å²) in [5.74, 6) is -0.0669. The number of hydrogen-bond acceptors (Lipinski definition) is 7. The summed E-state index contributed by atoms with van der Waals surface area (Å²) in [6, 6.07) is 15.2. The number of sulfone groups is 1. The van der Waals surface area contributed by atoms with Gasteiger partial charge in [0.1, 0.15) is 5.82 Å². The summed E-state index contributed by atoms with van der Waals surface area (Å²) in [5.41, 5.74) is -0.395. The predicted octanol–water partition coefficient (Wildman–Crippen LogP) is 3.83. The Balaban J connectivity index is 2.26. The second-order valence-corrected chi connectivity index (χ2v) is 9.66. The van der Waals surface area contributed by atoms with Crippen LogP contribution in [0.25, 0.3) is 4.91 Å². The molecule has 9 nitrogen and oxygen atoms in total. The van der Waals surface area contributed by atoms with E-state index in [1.165, 1.54) is 60.8 Å². The number of nitro groups is 1. The zero-order valence-corrected chi connectivity index (χ0v) is 18.7. The second-order valence-electron chi connectivity index (χ2n) is 5.99. The van der Waals surface area contributed by atoms with Crippen LogP contribution in [0.2, 0.25) is 0 Å². The minimum Gasteiger partial charge on any atom is -0.755 e. The average Bonchev–Trinajstić information content (AvgIpc) is 2.75. The largest absolute Gasteiger partial charge is 0.755 e. The minimum atomic E-state index is -4.25. The van der Waals surface area contributed by atoms with Crippen LogP contribution in [0.15, 0.2) is 88.5 Å². The summed E-state index contributed by atoms with van der Waals surface area (Å²) >= 11 is 0.263. The quantitative estimate of drug-likeness (QED) is 0.261. The third-order valence-electron chi connectivity index (χ3n) is 4.02. The molecule has 0 aliphatic heterocycles. The van der Waals surface area contributed by atoms with Crippen molar-refractivity contribution in [1.82, 2.24) is 4.98 Å². The lowest BCUT2D eigenvalue weighted by atomic mass is 10.2. The van der Waals surface area contributed by atoms with Crippen LogP contribution in [0, 0.1) is 10.1 Å². The van der Waals surface area contributed by atoms with Crippen molar-refractivity contribution >= 4 is 53.4 Å². The topological polar surface area (TPSA) is 134 Å². The van der Waals surface area contributed by atoms with E-state index in [4.69, 9.17) is 0 Å². The fourth-order valence-electron chi connectivity index (χ4n) is 2.59. The van der Waals surface area contributed by atoms with E-state index < -0.39 is 30.9 Å². The Hall–Kier alpha value is -2.93. The Morgan fingerprint density at radius 3 is 2.39 bits per heavy atom. The molecule has 31 heavy (non-hydrogen) atoms. The van der Waals surface area contributed by atoms with Crippen LogP contribution in [0.3, 0.4) is 0 Å². The molecule has 0 saturated heterocycles. The van der Waals surface area contributed by atoms with Gasteiger partial charge in [0.2, 0.25) is 9.84 Å². The van der Waals surface area contributed by atoms with E-state index in [0.717, 1.165) is 12.3 Å². The van der Waals surface area contributed by atoms with E-state index in [0.29, 0.717) is 8.78 Å². The zero-order valence-electron chi connectivity index (χ0n) is 15.5. The average molecular weight is 523 g/mol. The first-order chi connectivity index (χ1) is 14.7. The lowest BCUT2D eigenvalue weighted by Crippen LogP contribution is -2.21. The monoisotopic (exact) mass is 522 g/mol. The highest BCUT2D eigenvalue weighted by molar-refractivity contribution is 9.10. The van der Waals surface area contributed by atoms with Crippen molar-refractivity contribution in [1.29, 1.82) is 0 Å². The van der Waals surface area contributed by atoms with E-state index in [1.807, 2.05) is 0 Å². The molecule has 0 N–H and O–H groups in total. The highest BCUT2D eigenvalue weighted by atomic mass is 79.9. The molecule has 1 heterocycles. The van der Waals surface area contributed by atoms with Gasteiger partial charge in [-0.15, -0.1) is 0 Å². The van der Waals surface area contributed by atoms with Crippen molar-refractivity contribution < 1.29 is 22.1 Å². The van der Waals surface area contributed by atoms with Gasteiger partial charge >= 0.3 is 0 Å². The van der Waals surface area contributed by atoms with Crippen molar-refractivity contribution in [3.05, 3.63) is 99.3 Å². The Bertz CT molecular complexity index is 1270. The van der Waals surface area contributed by atoms with Gasteiger partial charge in [0.05, 0.1) is 26.0 Å². The molecule has 3 rings (SSSR count). The summed E-state index contributed by atoms with van der Waals surface area (Å²) in [7, 11) is -4.25. The number of aromatic nitrogens is 1. The maximum Gasteiger partial charge on any atom is 0.270 e. The fourth-order valence-corrected chi connectivity index (χ4v) is 4.79. The number of nitro benzene ring substituents is 1. The highest BCUT2D eigenvalue weighted by Crippen LogP contribution is 2.31. The molecule has 0 saturated carbocycles. The Labute approximate surface area is 188 Å². The molecule has 0 spiro atoms. The summed E-state index contributed by atoms with van der Waals surface area (Å²) in [6.45, 7) is 0. The molecule has 160 valence electrons. The Morgan fingerprint density at radius 2 is 1.81 bits per heavy atom. The molecule has 1 unspecified atom stereocenters. The Kier molecular flexibility index (Phi) is 6.95. The van der Waals surface area contributed by atoms with Crippen LogP contribution in [-0.4, -0.2) is 27.1 Å². The predicted molar refractivity (Wildman–Crippen MR) is 118 cm³/mol. The molecule has 3 aromatic rings. The molecule has 12 heteroatoms. The maximum absolute atomic E-state index is 13.4. The van der Waals surface area contributed by atoms with Gasteiger partial charge in [0.25, 0.3) is 5.69 Å². The van der Waals surface area contributed by atoms with Gasteiger partial charge in [-0.05, 0) is 40.2 Å². The van der Waals surface area contributed by atoms with Gasteiger partial charge < -0.3 is 4.55 Å². The highest BCUT2D eigenvalue weighted by Gasteiger charge is 2.25. The number of rotatable bonds is 7. The van der Waals surface area contributed by atoms with Crippen LogP contribution >= 0.6 is 15.9 Å². The summed E-state index contributed by atoms with van der Waals surface area (Å²) < 4.78 is 51.8. The third kappa shape index (κ3) is 5.22. The van der Waals surface area contributed by atoms with Crippen LogP contribution in [-0.2, 0) is 21.1 Å². The second kappa shape index (κ2) is 9.47. The minimum absolute atomic E-state index is 0.0504. The van der Waals surface area contributed by atoms with Crippen molar-refractivity contribution in [2.75, 3.05) is 4.31 Å². The molecule has 0 fully saturated rings. The number of nitrogens with zero attached hydrogens (tertiary/aromatic N) is 3. The summed E-state index contributed by atoms with van der Waals surface area (Å²) in [5, 5.41) is 11.2. The van der Waals surface area contributed by atoms with Crippen molar-refractivity contribution in [2.45, 2.75) is 4.90 Å². The van der Waals surface area contributed by atoms with E-state index in [1.54, 1.807) is 6.07 Å². The number of benzene rings is 2. The van der Waals surface area contributed by atoms with Crippen molar-refractivity contribution in [3.8, 4) is 0 Å². The van der Waals surface area contributed by atoms with Crippen molar-refractivity contribution in [2.24, 2.45) is 0 Å². The number of hydrogen-bond donors (Lipinski definition) is 0. The van der Waals surface area contributed by atoms with E-state index in [9.17, 15) is 27.3 Å². The van der Waals surface area contributed by atoms with E-state index in [-0.39, 0.29) is 22.0 Å². The molecule has 0 amide bonds.